The van der Waals surface area contributed by atoms with Crippen LogP contribution in [-0.2, 0) is 19.1 Å². The molecule has 0 aliphatic heterocycles. The number of rotatable bonds is 6. The van der Waals surface area contributed by atoms with E-state index in [9.17, 15) is 9.59 Å². The SMILES string of the molecule is COC(=O)C(C)(C(=O)OC)C(/C=C/c1ccc(Cl)cc1)c1ccc(Cl)cc1. The fraction of sp³-hybridized carbons (Fsp3) is 0.238. The summed E-state index contributed by atoms with van der Waals surface area (Å²) in [4.78, 5) is 25.1. The zero-order valence-corrected chi connectivity index (χ0v) is 16.8. The molecule has 0 aromatic heterocycles. The van der Waals surface area contributed by atoms with Gasteiger partial charge in [-0.25, -0.2) is 0 Å². The van der Waals surface area contributed by atoms with Gasteiger partial charge in [0.2, 0.25) is 0 Å². The Balaban J connectivity index is 2.56. The van der Waals surface area contributed by atoms with E-state index in [1.54, 1.807) is 42.5 Å². The lowest BCUT2D eigenvalue weighted by Crippen LogP contribution is -2.43. The fourth-order valence-corrected chi connectivity index (χ4v) is 3.10. The smallest absolute Gasteiger partial charge is 0.323 e. The van der Waals surface area contributed by atoms with Crippen molar-refractivity contribution in [2.45, 2.75) is 12.8 Å². The molecule has 2 aromatic rings. The molecule has 0 fully saturated rings. The maximum Gasteiger partial charge on any atom is 0.323 e. The van der Waals surface area contributed by atoms with Gasteiger partial charge >= 0.3 is 11.9 Å². The third-order valence-corrected chi connectivity index (χ3v) is 4.93. The van der Waals surface area contributed by atoms with Gasteiger partial charge in [0, 0.05) is 16.0 Å². The first-order chi connectivity index (χ1) is 12.8. The molecule has 0 aliphatic carbocycles. The number of methoxy groups -OCH3 is 2. The van der Waals surface area contributed by atoms with E-state index in [0.29, 0.717) is 10.0 Å². The number of carbonyl (C=O) groups is 2. The Bertz CT molecular complexity index is 810. The van der Waals surface area contributed by atoms with Gasteiger partial charge in [-0.05, 0) is 42.3 Å². The van der Waals surface area contributed by atoms with Crippen molar-refractivity contribution in [3.63, 3.8) is 0 Å². The molecule has 1 unspecified atom stereocenters. The number of allylic oxidation sites excluding steroid dienone is 1. The molecule has 0 bridgehead atoms. The number of hydrogen-bond donors (Lipinski definition) is 0. The average molecular weight is 407 g/mol. The van der Waals surface area contributed by atoms with Crippen LogP contribution >= 0.6 is 23.2 Å². The van der Waals surface area contributed by atoms with E-state index in [-0.39, 0.29) is 0 Å². The highest BCUT2D eigenvalue weighted by atomic mass is 35.5. The maximum atomic E-state index is 12.6. The summed E-state index contributed by atoms with van der Waals surface area (Å²) in [5.74, 6) is -2.00. The van der Waals surface area contributed by atoms with Crippen molar-refractivity contribution in [1.29, 1.82) is 0 Å². The van der Waals surface area contributed by atoms with Gasteiger partial charge in [-0.3, -0.25) is 9.59 Å². The predicted octanol–water partition coefficient (Wildman–Crippen LogP) is 5.14. The second kappa shape index (κ2) is 9.07. The lowest BCUT2D eigenvalue weighted by Gasteiger charge is -2.31. The van der Waals surface area contributed by atoms with Gasteiger partial charge in [-0.1, -0.05) is 59.6 Å². The van der Waals surface area contributed by atoms with Crippen molar-refractivity contribution in [3.8, 4) is 0 Å². The first-order valence-corrected chi connectivity index (χ1v) is 8.94. The molecule has 27 heavy (non-hydrogen) atoms. The Hall–Kier alpha value is -2.30. The normalized spacial score (nSPS) is 12.6. The number of hydrogen-bond acceptors (Lipinski definition) is 4. The highest BCUT2D eigenvalue weighted by molar-refractivity contribution is 6.30. The summed E-state index contributed by atoms with van der Waals surface area (Å²) >= 11 is 11.9. The average Bonchev–Trinajstić information content (AvgIpc) is 2.69. The number of halogens is 2. The quantitative estimate of drug-likeness (QED) is 0.491. The zero-order valence-electron chi connectivity index (χ0n) is 15.2. The van der Waals surface area contributed by atoms with Crippen LogP contribution in [-0.4, -0.2) is 26.2 Å². The molecule has 0 saturated heterocycles. The molecule has 2 aromatic carbocycles. The molecule has 0 heterocycles. The van der Waals surface area contributed by atoms with E-state index in [1.165, 1.54) is 21.1 Å². The summed E-state index contributed by atoms with van der Waals surface area (Å²) in [6.07, 6.45) is 3.60. The van der Waals surface area contributed by atoms with Gasteiger partial charge in [0.15, 0.2) is 5.41 Å². The highest BCUT2D eigenvalue weighted by Gasteiger charge is 2.50. The minimum absolute atomic E-state index is 0.553. The van der Waals surface area contributed by atoms with Crippen LogP contribution in [0.5, 0.6) is 0 Å². The summed E-state index contributed by atoms with van der Waals surface area (Å²) in [6, 6.07) is 14.1. The van der Waals surface area contributed by atoms with Crippen molar-refractivity contribution in [2.24, 2.45) is 5.41 Å². The third-order valence-electron chi connectivity index (χ3n) is 4.42. The van der Waals surface area contributed by atoms with E-state index >= 15 is 0 Å². The van der Waals surface area contributed by atoms with Crippen LogP contribution in [0.4, 0.5) is 0 Å². The van der Waals surface area contributed by atoms with Crippen molar-refractivity contribution < 1.29 is 19.1 Å². The van der Waals surface area contributed by atoms with Crippen LogP contribution in [0.25, 0.3) is 6.08 Å². The largest absolute Gasteiger partial charge is 0.468 e. The molecule has 4 nitrogen and oxygen atoms in total. The van der Waals surface area contributed by atoms with Gasteiger partial charge in [-0.15, -0.1) is 0 Å². The second-order valence-corrected chi connectivity index (χ2v) is 7.00. The third kappa shape index (κ3) is 4.71. The first-order valence-electron chi connectivity index (χ1n) is 8.19. The van der Waals surface area contributed by atoms with Crippen molar-refractivity contribution in [2.75, 3.05) is 14.2 Å². The predicted molar refractivity (Wildman–Crippen MR) is 107 cm³/mol. The molecule has 0 amide bonds. The number of esters is 2. The topological polar surface area (TPSA) is 52.6 Å². The lowest BCUT2D eigenvalue weighted by molar-refractivity contribution is -0.168. The van der Waals surface area contributed by atoms with E-state index in [0.717, 1.165) is 11.1 Å². The molecule has 1 atom stereocenters. The molecule has 6 heteroatoms. The van der Waals surface area contributed by atoms with E-state index in [4.69, 9.17) is 32.7 Å². The molecule has 0 spiro atoms. The van der Waals surface area contributed by atoms with Crippen LogP contribution in [0.3, 0.4) is 0 Å². The van der Waals surface area contributed by atoms with Crippen LogP contribution < -0.4 is 0 Å². The van der Waals surface area contributed by atoms with Crippen LogP contribution in [0, 0.1) is 5.41 Å². The van der Waals surface area contributed by atoms with Gasteiger partial charge in [0.25, 0.3) is 0 Å². The molecule has 0 aliphatic rings. The molecule has 0 N–H and O–H groups in total. The van der Waals surface area contributed by atoms with Crippen LogP contribution in [0.2, 0.25) is 10.0 Å². The lowest BCUT2D eigenvalue weighted by atomic mass is 9.73. The first kappa shape index (κ1) is 21.0. The van der Waals surface area contributed by atoms with Crippen LogP contribution in [0.1, 0.15) is 24.0 Å². The van der Waals surface area contributed by atoms with Gasteiger partial charge < -0.3 is 9.47 Å². The highest BCUT2D eigenvalue weighted by Crippen LogP contribution is 2.40. The van der Waals surface area contributed by atoms with Crippen molar-refractivity contribution in [1.82, 2.24) is 0 Å². The monoisotopic (exact) mass is 406 g/mol. The Morgan fingerprint density at radius 2 is 1.33 bits per heavy atom. The Morgan fingerprint density at radius 1 is 0.889 bits per heavy atom. The van der Waals surface area contributed by atoms with Crippen LogP contribution in [0.15, 0.2) is 54.6 Å². The summed E-state index contributed by atoms with van der Waals surface area (Å²) in [6.45, 7) is 1.51. The summed E-state index contributed by atoms with van der Waals surface area (Å²) in [5.41, 5.74) is 0.0265. The zero-order chi connectivity index (χ0) is 20.0. The summed E-state index contributed by atoms with van der Waals surface area (Å²) < 4.78 is 9.83. The van der Waals surface area contributed by atoms with E-state index < -0.39 is 23.3 Å². The molecule has 0 saturated carbocycles. The van der Waals surface area contributed by atoms with Gasteiger partial charge in [0.05, 0.1) is 14.2 Å². The van der Waals surface area contributed by atoms with Crippen molar-refractivity contribution >= 4 is 41.2 Å². The Labute approximate surface area is 168 Å². The Kier molecular flexibility index (Phi) is 7.05. The van der Waals surface area contributed by atoms with Crippen molar-refractivity contribution in [3.05, 3.63) is 75.8 Å². The Morgan fingerprint density at radius 3 is 1.78 bits per heavy atom. The molecule has 142 valence electrons. The fourth-order valence-electron chi connectivity index (χ4n) is 2.85. The molecule has 2 rings (SSSR count). The number of ether oxygens (including phenoxy) is 2. The van der Waals surface area contributed by atoms with E-state index in [1.807, 2.05) is 18.2 Å². The van der Waals surface area contributed by atoms with E-state index in [2.05, 4.69) is 0 Å². The van der Waals surface area contributed by atoms with Gasteiger partial charge in [-0.2, -0.15) is 0 Å². The molecular weight excluding hydrogens is 387 g/mol. The summed E-state index contributed by atoms with van der Waals surface area (Å²) in [5, 5.41) is 1.17. The standard InChI is InChI=1S/C21H20Cl2O4/c1-21(19(24)26-2,20(25)27-3)18(15-7-11-17(23)12-8-15)13-6-14-4-9-16(22)10-5-14/h4-13,18H,1-3H3/b13-6+. The molecule has 0 radical (unpaired) electrons. The second-order valence-electron chi connectivity index (χ2n) is 6.13. The maximum absolute atomic E-state index is 12.6. The minimum atomic E-state index is -1.57. The number of carbonyl (C=O) groups excluding carboxylic acids is 2. The van der Waals surface area contributed by atoms with Gasteiger partial charge in [0.1, 0.15) is 0 Å². The summed E-state index contributed by atoms with van der Waals surface area (Å²) in [7, 11) is 2.48. The minimum Gasteiger partial charge on any atom is -0.468 e. The molecular formula is C21H20Cl2O4. The number of benzene rings is 2.